The van der Waals surface area contributed by atoms with Crippen LogP contribution in [0.5, 0.6) is 0 Å². The molecule has 6 nitrogen and oxygen atoms in total. The van der Waals surface area contributed by atoms with Crippen LogP contribution in [0.15, 0.2) is 28.7 Å². The van der Waals surface area contributed by atoms with Gasteiger partial charge in [0.05, 0.1) is 18.2 Å². The van der Waals surface area contributed by atoms with Gasteiger partial charge in [0, 0.05) is 36.6 Å². The van der Waals surface area contributed by atoms with E-state index in [2.05, 4.69) is 26.6 Å². The molecule has 1 atom stereocenters. The van der Waals surface area contributed by atoms with Crippen LogP contribution in [-0.2, 0) is 9.53 Å². The summed E-state index contributed by atoms with van der Waals surface area (Å²) in [6.07, 6.45) is 4.27. The van der Waals surface area contributed by atoms with E-state index in [0.717, 1.165) is 35.8 Å². The predicted octanol–water partition coefficient (Wildman–Crippen LogP) is 3.24. The Morgan fingerprint density at radius 2 is 2.04 bits per heavy atom. The van der Waals surface area contributed by atoms with Crippen LogP contribution >= 0.6 is 15.9 Å². The molecule has 1 aromatic rings. The number of carbonyl (C=O) groups excluding carboxylic acids is 2. The van der Waals surface area contributed by atoms with Crippen LogP contribution in [0.1, 0.15) is 25.7 Å². The Bertz CT molecular complexity index is 661. The lowest BCUT2D eigenvalue weighted by Crippen LogP contribution is -2.41. The van der Waals surface area contributed by atoms with Crippen molar-refractivity contribution >= 4 is 33.6 Å². The molecule has 1 aromatic carbocycles. The topological polar surface area (TPSA) is 70.7 Å². The monoisotopic (exact) mass is 423 g/mol. The summed E-state index contributed by atoms with van der Waals surface area (Å²) in [5.74, 6) is -0.105. The molecule has 142 valence electrons. The number of para-hydroxylation sites is 1. The van der Waals surface area contributed by atoms with Crippen molar-refractivity contribution in [2.24, 2.45) is 11.3 Å². The van der Waals surface area contributed by atoms with E-state index >= 15 is 0 Å². The fourth-order valence-electron chi connectivity index (χ4n) is 4.23. The minimum absolute atomic E-state index is 0.0418. The van der Waals surface area contributed by atoms with Crippen molar-refractivity contribution in [1.29, 1.82) is 0 Å². The van der Waals surface area contributed by atoms with Crippen LogP contribution in [0.25, 0.3) is 0 Å². The molecule has 1 spiro atoms. The zero-order valence-electron chi connectivity index (χ0n) is 15.1. The summed E-state index contributed by atoms with van der Waals surface area (Å²) in [5, 5.41) is 5.92. The zero-order valence-corrected chi connectivity index (χ0v) is 16.7. The second-order valence-electron chi connectivity index (χ2n) is 7.20. The number of amides is 3. The Morgan fingerprint density at radius 3 is 2.73 bits per heavy atom. The summed E-state index contributed by atoms with van der Waals surface area (Å²) >= 11 is 3.45. The van der Waals surface area contributed by atoms with E-state index < -0.39 is 0 Å². The number of methoxy groups -OCH3 is 1. The zero-order chi connectivity index (χ0) is 18.6. The van der Waals surface area contributed by atoms with E-state index in [4.69, 9.17) is 4.74 Å². The molecule has 1 heterocycles. The number of halogens is 1. The van der Waals surface area contributed by atoms with Crippen molar-refractivity contribution in [3.05, 3.63) is 28.7 Å². The SMILES string of the molecule is COCCNC(=O)C1CN(C(=O)Nc2ccccc2Br)CC12CCCC2. The van der Waals surface area contributed by atoms with Gasteiger partial charge in [0.2, 0.25) is 5.91 Å². The molecule has 2 N–H and O–H groups in total. The third-order valence-electron chi connectivity index (χ3n) is 5.57. The van der Waals surface area contributed by atoms with Gasteiger partial charge in [0.25, 0.3) is 0 Å². The highest BCUT2D eigenvalue weighted by Crippen LogP contribution is 2.49. The average Bonchev–Trinajstić information content (AvgIpc) is 3.25. The van der Waals surface area contributed by atoms with Gasteiger partial charge in [-0.15, -0.1) is 0 Å². The highest BCUT2D eigenvalue weighted by Gasteiger charge is 2.52. The number of hydrogen-bond acceptors (Lipinski definition) is 3. The van der Waals surface area contributed by atoms with Crippen LogP contribution in [0, 0.1) is 11.3 Å². The third kappa shape index (κ3) is 4.04. The lowest BCUT2D eigenvalue weighted by atomic mass is 9.76. The Morgan fingerprint density at radius 1 is 1.31 bits per heavy atom. The Labute approximate surface area is 162 Å². The van der Waals surface area contributed by atoms with Crippen LogP contribution in [0.3, 0.4) is 0 Å². The van der Waals surface area contributed by atoms with Gasteiger partial charge in [0.15, 0.2) is 0 Å². The normalized spacial score (nSPS) is 21.2. The summed E-state index contributed by atoms with van der Waals surface area (Å²) in [6.45, 7) is 2.11. The number of ether oxygens (including phenoxy) is 1. The number of nitrogens with zero attached hydrogens (tertiary/aromatic N) is 1. The Balaban J connectivity index is 1.69. The van der Waals surface area contributed by atoms with Crippen molar-refractivity contribution in [1.82, 2.24) is 10.2 Å². The van der Waals surface area contributed by atoms with Gasteiger partial charge in [-0.05, 0) is 40.9 Å². The molecule has 3 rings (SSSR count). The summed E-state index contributed by atoms with van der Waals surface area (Å²) in [7, 11) is 1.62. The van der Waals surface area contributed by atoms with Crippen LogP contribution in [-0.4, -0.2) is 50.2 Å². The molecule has 7 heteroatoms. The maximum atomic E-state index is 12.8. The van der Waals surface area contributed by atoms with Crippen LogP contribution in [0.2, 0.25) is 0 Å². The van der Waals surface area contributed by atoms with Gasteiger partial charge < -0.3 is 20.3 Å². The first kappa shape index (κ1) is 19.2. The summed E-state index contributed by atoms with van der Waals surface area (Å²) < 4.78 is 5.86. The number of anilines is 1. The van der Waals surface area contributed by atoms with E-state index in [1.54, 1.807) is 12.0 Å². The fraction of sp³-hybridized carbons (Fsp3) is 0.579. The average molecular weight is 424 g/mol. The maximum absolute atomic E-state index is 12.8. The summed E-state index contributed by atoms with van der Waals surface area (Å²) in [5.41, 5.74) is 0.661. The van der Waals surface area contributed by atoms with Crippen LogP contribution < -0.4 is 10.6 Å². The van der Waals surface area contributed by atoms with E-state index in [1.165, 1.54) is 0 Å². The Hall–Kier alpha value is -1.60. The lowest BCUT2D eigenvalue weighted by Gasteiger charge is -2.28. The number of likely N-dealkylation sites (tertiary alicyclic amines) is 1. The second kappa shape index (κ2) is 8.39. The van der Waals surface area contributed by atoms with Gasteiger partial charge in [-0.2, -0.15) is 0 Å². The molecule has 1 aliphatic carbocycles. The fourth-order valence-corrected chi connectivity index (χ4v) is 4.61. The second-order valence-corrected chi connectivity index (χ2v) is 8.05. The van der Waals surface area contributed by atoms with Crippen molar-refractivity contribution in [3.8, 4) is 0 Å². The Kier molecular flexibility index (Phi) is 6.19. The van der Waals surface area contributed by atoms with Crippen molar-refractivity contribution in [3.63, 3.8) is 0 Å². The van der Waals surface area contributed by atoms with Gasteiger partial charge in [0.1, 0.15) is 0 Å². The quantitative estimate of drug-likeness (QED) is 0.714. The van der Waals surface area contributed by atoms with Gasteiger partial charge >= 0.3 is 6.03 Å². The van der Waals surface area contributed by atoms with Crippen molar-refractivity contribution < 1.29 is 14.3 Å². The summed E-state index contributed by atoms with van der Waals surface area (Å²) in [6, 6.07) is 7.40. The van der Waals surface area contributed by atoms with E-state index in [1.807, 2.05) is 24.3 Å². The molecule has 1 aliphatic heterocycles. The van der Waals surface area contributed by atoms with Gasteiger partial charge in [-0.3, -0.25) is 4.79 Å². The number of nitrogens with one attached hydrogen (secondary N) is 2. The smallest absolute Gasteiger partial charge is 0.321 e. The standard InChI is InChI=1S/C19H26BrN3O3/c1-26-11-10-21-17(24)14-12-23(13-19(14)8-4-5-9-19)18(25)22-16-7-3-2-6-15(16)20/h2-3,6-7,14H,4-5,8-13H2,1H3,(H,21,24)(H,22,25). The summed E-state index contributed by atoms with van der Waals surface area (Å²) in [4.78, 5) is 27.3. The highest BCUT2D eigenvalue weighted by molar-refractivity contribution is 9.10. The highest BCUT2D eigenvalue weighted by atomic mass is 79.9. The number of benzene rings is 1. The molecule has 3 amide bonds. The first-order valence-corrected chi connectivity index (χ1v) is 9.92. The lowest BCUT2D eigenvalue weighted by molar-refractivity contribution is -0.127. The third-order valence-corrected chi connectivity index (χ3v) is 6.26. The van der Waals surface area contributed by atoms with Crippen molar-refractivity contribution in [2.75, 3.05) is 38.7 Å². The largest absolute Gasteiger partial charge is 0.383 e. The maximum Gasteiger partial charge on any atom is 0.321 e. The molecule has 0 bridgehead atoms. The predicted molar refractivity (Wildman–Crippen MR) is 104 cm³/mol. The molecule has 0 radical (unpaired) electrons. The molecule has 2 aliphatic rings. The van der Waals surface area contributed by atoms with E-state index in [0.29, 0.717) is 26.2 Å². The number of hydrogen-bond donors (Lipinski definition) is 2. The molecular weight excluding hydrogens is 398 g/mol. The first-order valence-electron chi connectivity index (χ1n) is 9.13. The molecule has 0 aromatic heterocycles. The van der Waals surface area contributed by atoms with E-state index in [9.17, 15) is 9.59 Å². The number of carbonyl (C=O) groups is 2. The minimum Gasteiger partial charge on any atom is -0.383 e. The van der Waals surface area contributed by atoms with Gasteiger partial charge in [-0.1, -0.05) is 25.0 Å². The molecule has 2 fully saturated rings. The molecule has 1 saturated carbocycles. The number of urea groups is 1. The van der Waals surface area contributed by atoms with E-state index in [-0.39, 0.29) is 23.3 Å². The minimum atomic E-state index is -0.146. The molecular formula is C19H26BrN3O3. The number of rotatable bonds is 5. The first-order chi connectivity index (χ1) is 12.6. The molecule has 1 saturated heterocycles. The van der Waals surface area contributed by atoms with Gasteiger partial charge in [-0.25, -0.2) is 4.79 Å². The molecule has 1 unspecified atom stereocenters. The molecule has 26 heavy (non-hydrogen) atoms. The van der Waals surface area contributed by atoms with Crippen LogP contribution in [0.4, 0.5) is 10.5 Å². The van der Waals surface area contributed by atoms with Crippen molar-refractivity contribution in [2.45, 2.75) is 25.7 Å².